The molecule has 0 aliphatic rings. The minimum Gasteiger partial charge on any atom is -0.350 e. The third kappa shape index (κ3) is 6.54. The van der Waals surface area contributed by atoms with E-state index in [-0.39, 0.29) is 23.8 Å². The van der Waals surface area contributed by atoms with Gasteiger partial charge in [-0.3, -0.25) is 9.59 Å². The molecule has 0 aliphatic heterocycles. The van der Waals surface area contributed by atoms with E-state index in [1.807, 2.05) is 51.1 Å². The molecule has 1 N–H and O–H groups in total. The van der Waals surface area contributed by atoms with E-state index >= 15 is 0 Å². The molecule has 2 aromatic carbocycles. The average molecular weight is 421 g/mol. The normalized spacial score (nSPS) is 12.4. The lowest BCUT2D eigenvalue weighted by Gasteiger charge is -2.31. The number of halogens is 2. The summed E-state index contributed by atoms with van der Waals surface area (Å²) >= 11 is 12.2. The zero-order valence-electron chi connectivity index (χ0n) is 16.6. The van der Waals surface area contributed by atoms with E-state index in [0.29, 0.717) is 16.6 Å². The van der Waals surface area contributed by atoms with Gasteiger partial charge in [-0.2, -0.15) is 0 Å². The van der Waals surface area contributed by atoms with Crippen LogP contribution in [0.3, 0.4) is 0 Å². The van der Waals surface area contributed by atoms with E-state index in [9.17, 15) is 9.59 Å². The van der Waals surface area contributed by atoms with Gasteiger partial charge in [0.05, 0.1) is 6.42 Å². The molecule has 2 amide bonds. The molecule has 2 rings (SSSR count). The van der Waals surface area contributed by atoms with Crippen molar-refractivity contribution in [2.75, 3.05) is 0 Å². The second kappa shape index (κ2) is 9.44. The first-order chi connectivity index (χ1) is 13.1. The summed E-state index contributed by atoms with van der Waals surface area (Å²) in [5, 5.41) is 4.10. The summed E-state index contributed by atoms with van der Waals surface area (Å²) in [4.78, 5) is 27.4. The van der Waals surface area contributed by atoms with Gasteiger partial charge in [0.15, 0.2) is 0 Å². The number of hydrogen-bond acceptors (Lipinski definition) is 2. The monoisotopic (exact) mass is 420 g/mol. The average Bonchev–Trinajstić information content (AvgIpc) is 2.61. The van der Waals surface area contributed by atoms with Gasteiger partial charge < -0.3 is 10.2 Å². The van der Waals surface area contributed by atoms with Crippen molar-refractivity contribution in [2.45, 2.75) is 52.2 Å². The highest BCUT2D eigenvalue weighted by molar-refractivity contribution is 6.31. The quantitative estimate of drug-likeness (QED) is 0.724. The second-order valence-corrected chi connectivity index (χ2v) is 8.68. The molecule has 0 fully saturated rings. The van der Waals surface area contributed by atoms with Gasteiger partial charge in [0, 0.05) is 22.1 Å². The van der Waals surface area contributed by atoms with E-state index in [4.69, 9.17) is 23.2 Å². The van der Waals surface area contributed by atoms with E-state index in [2.05, 4.69) is 5.32 Å². The van der Waals surface area contributed by atoms with E-state index in [0.717, 1.165) is 11.1 Å². The first-order valence-corrected chi connectivity index (χ1v) is 9.92. The van der Waals surface area contributed by atoms with Crippen molar-refractivity contribution >= 4 is 35.0 Å². The Labute approximate surface area is 176 Å². The third-order valence-corrected chi connectivity index (χ3v) is 4.85. The molecule has 1 atom stereocenters. The number of amides is 2. The number of benzene rings is 2. The van der Waals surface area contributed by atoms with Crippen LogP contribution >= 0.6 is 23.2 Å². The molecule has 0 radical (unpaired) electrons. The molecule has 4 nitrogen and oxygen atoms in total. The molecular formula is C22H26Cl2N2O2. The maximum absolute atomic E-state index is 13.1. The lowest BCUT2D eigenvalue weighted by Crippen LogP contribution is -2.52. The van der Waals surface area contributed by atoms with Gasteiger partial charge >= 0.3 is 0 Å². The predicted octanol–water partition coefficient (Wildman–Crippen LogP) is 4.87. The van der Waals surface area contributed by atoms with Crippen molar-refractivity contribution in [3.63, 3.8) is 0 Å². The fourth-order valence-electron chi connectivity index (χ4n) is 2.75. The fraction of sp³-hybridized carbons (Fsp3) is 0.364. The molecule has 0 saturated heterocycles. The largest absolute Gasteiger partial charge is 0.350 e. The molecule has 6 heteroatoms. The number of carbonyl (C=O) groups is 2. The van der Waals surface area contributed by atoms with Crippen LogP contribution in [0.2, 0.25) is 10.0 Å². The number of carbonyl (C=O) groups excluding carboxylic acids is 2. The highest BCUT2D eigenvalue weighted by Gasteiger charge is 2.28. The van der Waals surface area contributed by atoms with Crippen LogP contribution in [0.1, 0.15) is 38.8 Å². The van der Waals surface area contributed by atoms with E-state index in [1.54, 1.807) is 30.0 Å². The predicted molar refractivity (Wildman–Crippen MR) is 115 cm³/mol. The molecule has 0 bridgehead atoms. The Hall–Kier alpha value is -2.04. The maximum Gasteiger partial charge on any atom is 0.242 e. The second-order valence-electron chi connectivity index (χ2n) is 7.83. The molecule has 150 valence electrons. The highest BCUT2D eigenvalue weighted by atomic mass is 35.5. The third-order valence-electron chi connectivity index (χ3n) is 4.23. The van der Waals surface area contributed by atoms with Crippen molar-refractivity contribution in [1.82, 2.24) is 10.2 Å². The zero-order valence-corrected chi connectivity index (χ0v) is 18.1. The van der Waals surface area contributed by atoms with Gasteiger partial charge in [0.2, 0.25) is 11.8 Å². The van der Waals surface area contributed by atoms with Crippen LogP contribution in [0.25, 0.3) is 0 Å². The summed E-state index contributed by atoms with van der Waals surface area (Å²) in [7, 11) is 0. The number of rotatable bonds is 6. The minimum absolute atomic E-state index is 0.125. The number of nitrogens with one attached hydrogen (secondary N) is 1. The van der Waals surface area contributed by atoms with Gasteiger partial charge in [-0.25, -0.2) is 0 Å². The number of nitrogens with zero attached hydrogens (tertiary/aromatic N) is 1. The highest BCUT2D eigenvalue weighted by Crippen LogP contribution is 2.19. The molecule has 28 heavy (non-hydrogen) atoms. The van der Waals surface area contributed by atoms with Crippen molar-refractivity contribution in [3.8, 4) is 0 Å². The summed E-state index contributed by atoms with van der Waals surface area (Å²) in [6, 6.07) is 13.9. The maximum atomic E-state index is 13.1. The first-order valence-electron chi connectivity index (χ1n) is 9.16. The Morgan fingerprint density at radius 2 is 1.64 bits per heavy atom. The standard InChI is InChI=1S/C22H26Cl2N2O2/c1-15(21(28)25-22(2,3)4)26(14-16-9-11-18(23)12-10-16)20(27)13-17-7-5-6-8-19(17)24/h5-12,15H,13-14H2,1-4H3,(H,25,28). The van der Waals surface area contributed by atoms with Crippen LogP contribution in [-0.2, 0) is 22.6 Å². The summed E-state index contributed by atoms with van der Waals surface area (Å²) in [5.41, 5.74) is 1.24. The molecule has 0 heterocycles. The van der Waals surface area contributed by atoms with Crippen molar-refractivity contribution in [1.29, 1.82) is 0 Å². The Kier molecular flexibility index (Phi) is 7.50. The molecule has 1 unspecified atom stereocenters. The van der Waals surface area contributed by atoms with Crippen LogP contribution in [-0.4, -0.2) is 28.3 Å². The van der Waals surface area contributed by atoms with Gasteiger partial charge in [-0.1, -0.05) is 53.5 Å². The molecule has 0 spiro atoms. The smallest absolute Gasteiger partial charge is 0.242 e. The summed E-state index contributed by atoms with van der Waals surface area (Å²) < 4.78 is 0. The van der Waals surface area contributed by atoms with Crippen molar-refractivity contribution < 1.29 is 9.59 Å². The summed E-state index contributed by atoms with van der Waals surface area (Å²) in [6.07, 6.45) is 0.125. The summed E-state index contributed by atoms with van der Waals surface area (Å²) in [5.74, 6) is -0.367. The van der Waals surface area contributed by atoms with Crippen LogP contribution in [0, 0.1) is 0 Å². The molecule has 2 aromatic rings. The SMILES string of the molecule is CC(C(=O)NC(C)(C)C)N(Cc1ccc(Cl)cc1)C(=O)Cc1ccccc1Cl. The first kappa shape index (κ1) is 22.3. The van der Waals surface area contributed by atoms with Crippen LogP contribution in [0.5, 0.6) is 0 Å². The Bertz CT molecular complexity index is 829. The Balaban J connectivity index is 2.26. The topological polar surface area (TPSA) is 49.4 Å². The molecule has 0 saturated carbocycles. The van der Waals surface area contributed by atoms with E-state index in [1.165, 1.54) is 0 Å². The fourth-order valence-corrected chi connectivity index (χ4v) is 3.08. The van der Waals surface area contributed by atoms with Crippen molar-refractivity contribution in [3.05, 3.63) is 69.7 Å². The van der Waals surface area contributed by atoms with Crippen LogP contribution in [0.15, 0.2) is 48.5 Å². The molecular weight excluding hydrogens is 395 g/mol. The number of hydrogen-bond donors (Lipinski definition) is 1. The van der Waals surface area contributed by atoms with Crippen molar-refractivity contribution in [2.24, 2.45) is 0 Å². The van der Waals surface area contributed by atoms with Crippen LogP contribution in [0.4, 0.5) is 0 Å². The van der Waals surface area contributed by atoms with Gasteiger partial charge in [-0.15, -0.1) is 0 Å². The lowest BCUT2D eigenvalue weighted by atomic mass is 10.1. The van der Waals surface area contributed by atoms with Gasteiger partial charge in [-0.05, 0) is 57.0 Å². The van der Waals surface area contributed by atoms with E-state index < -0.39 is 6.04 Å². The Morgan fingerprint density at radius 3 is 2.21 bits per heavy atom. The Morgan fingerprint density at radius 1 is 1.04 bits per heavy atom. The van der Waals surface area contributed by atoms with Crippen LogP contribution < -0.4 is 5.32 Å². The minimum atomic E-state index is -0.634. The lowest BCUT2D eigenvalue weighted by molar-refractivity contribution is -0.140. The zero-order chi connectivity index (χ0) is 20.9. The molecule has 0 aromatic heterocycles. The molecule has 0 aliphatic carbocycles. The van der Waals surface area contributed by atoms with Gasteiger partial charge in [0.25, 0.3) is 0 Å². The summed E-state index contributed by atoms with van der Waals surface area (Å²) in [6.45, 7) is 7.77. The van der Waals surface area contributed by atoms with Gasteiger partial charge in [0.1, 0.15) is 6.04 Å².